The molecule has 0 spiro atoms. The maximum absolute atomic E-state index is 11.1. The lowest BCUT2D eigenvalue weighted by molar-refractivity contribution is 0.555. The van der Waals surface area contributed by atoms with Gasteiger partial charge in [0.1, 0.15) is 0 Å². The van der Waals surface area contributed by atoms with Crippen molar-refractivity contribution < 1.29 is 4.42 Å². The van der Waals surface area contributed by atoms with Gasteiger partial charge < -0.3 is 15.1 Å². The normalized spacial score (nSPS) is 10.8. The van der Waals surface area contributed by atoms with Gasteiger partial charge in [-0.3, -0.25) is 4.98 Å². The first kappa shape index (κ1) is 11.4. The number of hydrogen-bond acceptors (Lipinski definition) is 4. The summed E-state index contributed by atoms with van der Waals surface area (Å²) in [4.78, 5) is 15.7. The summed E-state index contributed by atoms with van der Waals surface area (Å²) in [6, 6.07) is 13.1. The average Bonchev–Trinajstić information content (AvgIpc) is 2.77. The van der Waals surface area contributed by atoms with E-state index in [9.17, 15) is 4.79 Å². The van der Waals surface area contributed by atoms with Crippen molar-refractivity contribution in [3.05, 3.63) is 53.0 Å². The van der Waals surface area contributed by atoms with Crippen molar-refractivity contribution in [2.45, 2.75) is 0 Å². The third kappa shape index (κ3) is 1.95. The van der Waals surface area contributed by atoms with Crippen LogP contribution in [0.5, 0.6) is 0 Å². The van der Waals surface area contributed by atoms with Crippen LogP contribution in [-0.2, 0) is 0 Å². The Labute approximate surface area is 109 Å². The molecule has 3 N–H and O–H groups in total. The molecular formula is C14H13N3O2. The molecule has 0 atom stereocenters. The van der Waals surface area contributed by atoms with Crippen molar-refractivity contribution in [3.8, 4) is 0 Å². The number of nitrogens with zero attached hydrogens (tertiary/aromatic N) is 1. The van der Waals surface area contributed by atoms with E-state index in [2.05, 4.69) is 4.98 Å². The van der Waals surface area contributed by atoms with E-state index in [0.717, 1.165) is 11.4 Å². The molecule has 0 fully saturated rings. The molecule has 0 bridgehead atoms. The third-order valence-corrected chi connectivity index (χ3v) is 3.09. The second-order valence-corrected chi connectivity index (χ2v) is 4.31. The molecule has 0 amide bonds. The third-order valence-electron chi connectivity index (χ3n) is 3.09. The topological polar surface area (TPSA) is 75.3 Å². The van der Waals surface area contributed by atoms with Crippen LogP contribution in [0.4, 0.5) is 17.1 Å². The molecule has 2 aromatic carbocycles. The second kappa shape index (κ2) is 4.20. The highest BCUT2D eigenvalue weighted by Crippen LogP contribution is 2.29. The quantitative estimate of drug-likeness (QED) is 0.690. The first-order valence-corrected chi connectivity index (χ1v) is 5.86. The largest absolute Gasteiger partial charge is 0.417 e. The van der Waals surface area contributed by atoms with Crippen LogP contribution in [-0.4, -0.2) is 12.0 Å². The molecule has 3 rings (SSSR count). The van der Waals surface area contributed by atoms with Crippen LogP contribution in [0.3, 0.4) is 0 Å². The van der Waals surface area contributed by atoms with E-state index in [0.29, 0.717) is 16.8 Å². The smallest absolute Gasteiger partial charge is 0.408 e. The van der Waals surface area contributed by atoms with E-state index >= 15 is 0 Å². The molecule has 0 unspecified atom stereocenters. The number of nitrogens with two attached hydrogens (primary N) is 1. The van der Waals surface area contributed by atoms with Gasteiger partial charge in [-0.25, -0.2) is 4.79 Å². The molecule has 0 saturated heterocycles. The number of benzene rings is 2. The molecule has 1 aromatic heterocycles. The summed E-state index contributed by atoms with van der Waals surface area (Å²) in [6.07, 6.45) is 0. The molecule has 96 valence electrons. The first-order valence-electron chi connectivity index (χ1n) is 5.86. The van der Waals surface area contributed by atoms with Crippen LogP contribution in [0.1, 0.15) is 0 Å². The minimum Gasteiger partial charge on any atom is -0.408 e. The Hall–Kier alpha value is -2.69. The number of hydrogen-bond donors (Lipinski definition) is 2. The highest BCUT2D eigenvalue weighted by molar-refractivity contribution is 5.81. The Bertz CT molecular complexity index is 788. The van der Waals surface area contributed by atoms with Gasteiger partial charge in [-0.1, -0.05) is 12.1 Å². The minimum atomic E-state index is -0.450. The van der Waals surface area contributed by atoms with E-state index in [1.54, 1.807) is 6.07 Å². The SMILES string of the molecule is CN(c1ccc2[nH]c(=O)oc2c1)c1ccccc1N. The van der Waals surface area contributed by atoms with Crippen LogP contribution < -0.4 is 16.4 Å². The monoisotopic (exact) mass is 255 g/mol. The van der Waals surface area contributed by atoms with Crippen LogP contribution >= 0.6 is 0 Å². The molecule has 1 heterocycles. The van der Waals surface area contributed by atoms with Crippen LogP contribution in [0.25, 0.3) is 11.1 Å². The summed E-state index contributed by atoms with van der Waals surface area (Å²) in [6.45, 7) is 0. The minimum absolute atomic E-state index is 0.450. The standard InChI is InChI=1S/C14H13N3O2/c1-17(12-5-3-2-4-10(12)15)9-6-7-11-13(8-9)19-14(18)16-11/h2-8H,15H2,1H3,(H,16,18). The van der Waals surface area contributed by atoms with E-state index in [1.165, 1.54) is 0 Å². The van der Waals surface area contributed by atoms with Crippen LogP contribution in [0, 0.1) is 0 Å². The predicted octanol–water partition coefficient (Wildman–Crippen LogP) is 2.47. The molecular weight excluding hydrogens is 242 g/mol. The number of nitrogens with one attached hydrogen (secondary N) is 1. The molecule has 0 aliphatic carbocycles. The molecule has 0 aliphatic heterocycles. The van der Waals surface area contributed by atoms with E-state index in [4.69, 9.17) is 10.2 Å². The van der Waals surface area contributed by atoms with Crippen LogP contribution in [0.15, 0.2) is 51.7 Å². The summed E-state index contributed by atoms with van der Waals surface area (Å²) in [7, 11) is 1.91. The fourth-order valence-corrected chi connectivity index (χ4v) is 2.07. The molecule has 19 heavy (non-hydrogen) atoms. The van der Waals surface area contributed by atoms with E-state index in [-0.39, 0.29) is 0 Å². The number of rotatable bonds is 2. The number of aromatic nitrogens is 1. The van der Waals surface area contributed by atoms with Crippen molar-refractivity contribution >= 4 is 28.2 Å². The Kier molecular flexibility index (Phi) is 2.52. The van der Waals surface area contributed by atoms with Crippen molar-refractivity contribution in [3.63, 3.8) is 0 Å². The fraction of sp³-hybridized carbons (Fsp3) is 0.0714. The number of fused-ring (bicyclic) bond motifs is 1. The maximum Gasteiger partial charge on any atom is 0.417 e. The summed E-state index contributed by atoms with van der Waals surface area (Å²) in [5.41, 5.74) is 9.66. The highest BCUT2D eigenvalue weighted by atomic mass is 16.4. The van der Waals surface area contributed by atoms with Crippen molar-refractivity contribution in [2.75, 3.05) is 17.7 Å². The number of nitrogen functional groups attached to an aromatic ring is 1. The Morgan fingerprint density at radius 3 is 2.79 bits per heavy atom. The lowest BCUT2D eigenvalue weighted by Crippen LogP contribution is -2.11. The first-order chi connectivity index (χ1) is 9.15. The molecule has 3 aromatic rings. The molecule has 0 radical (unpaired) electrons. The van der Waals surface area contributed by atoms with Gasteiger partial charge in [0.25, 0.3) is 0 Å². The highest BCUT2D eigenvalue weighted by Gasteiger charge is 2.09. The maximum atomic E-state index is 11.1. The number of aromatic amines is 1. The zero-order chi connectivity index (χ0) is 13.4. The summed E-state index contributed by atoms with van der Waals surface area (Å²) in [5.74, 6) is -0.450. The number of oxazole rings is 1. The zero-order valence-corrected chi connectivity index (χ0v) is 10.4. The van der Waals surface area contributed by atoms with Crippen molar-refractivity contribution in [1.82, 2.24) is 4.98 Å². The van der Waals surface area contributed by atoms with E-state index in [1.807, 2.05) is 48.3 Å². The van der Waals surface area contributed by atoms with Gasteiger partial charge in [0.05, 0.1) is 16.9 Å². The summed E-state index contributed by atoms with van der Waals surface area (Å²) >= 11 is 0. The van der Waals surface area contributed by atoms with Gasteiger partial charge in [0.15, 0.2) is 5.58 Å². The zero-order valence-electron chi connectivity index (χ0n) is 10.4. The van der Waals surface area contributed by atoms with Gasteiger partial charge in [-0.05, 0) is 24.3 Å². The van der Waals surface area contributed by atoms with Gasteiger partial charge >= 0.3 is 5.76 Å². The predicted molar refractivity (Wildman–Crippen MR) is 75.8 cm³/mol. The lowest BCUT2D eigenvalue weighted by atomic mass is 10.2. The number of H-pyrrole nitrogens is 1. The van der Waals surface area contributed by atoms with Gasteiger partial charge in [-0.15, -0.1) is 0 Å². The van der Waals surface area contributed by atoms with Crippen molar-refractivity contribution in [2.24, 2.45) is 0 Å². The lowest BCUT2D eigenvalue weighted by Gasteiger charge is -2.20. The molecule has 0 saturated carbocycles. The molecule has 5 heteroatoms. The average molecular weight is 255 g/mol. The van der Waals surface area contributed by atoms with Gasteiger partial charge in [-0.2, -0.15) is 0 Å². The fourth-order valence-electron chi connectivity index (χ4n) is 2.07. The second-order valence-electron chi connectivity index (χ2n) is 4.31. The van der Waals surface area contributed by atoms with Crippen molar-refractivity contribution in [1.29, 1.82) is 0 Å². The Morgan fingerprint density at radius 2 is 2.00 bits per heavy atom. The number of anilines is 3. The summed E-state index contributed by atoms with van der Waals surface area (Å²) in [5, 5.41) is 0. The molecule has 5 nitrogen and oxygen atoms in total. The Morgan fingerprint density at radius 1 is 1.21 bits per heavy atom. The number of para-hydroxylation sites is 2. The molecule has 0 aliphatic rings. The Balaban J connectivity index is 2.08. The van der Waals surface area contributed by atoms with Gasteiger partial charge in [0.2, 0.25) is 0 Å². The van der Waals surface area contributed by atoms with Crippen LogP contribution in [0.2, 0.25) is 0 Å². The van der Waals surface area contributed by atoms with E-state index < -0.39 is 5.76 Å². The summed E-state index contributed by atoms with van der Waals surface area (Å²) < 4.78 is 5.06. The van der Waals surface area contributed by atoms with Gasteiger partial charge in [0, 0.05) is 18.8 Å².